The van der Waals surface area contributed by atoms with Crippen molar-refractivity contribution in [3.63, 3.8) is 0 Å². The van der Waals surface area contributed by atoms with Crippen LogP contribution in [0.5, 0.6) is 5.75 Å². The first kappa shape index (κ1) is 29.5. The van der Waals surface area contributed by atoms with Crippen molar-refractivity contribution >= 4 is 32.8 Å². The molecule has 0 N–H and O–H groups in total. The highest BCUT2D eigenvalue weighted by atomic mass is 32.2. The third kappa shape index (κ3) is 6.90. The molecule has 42 heavy (non-hydrogen) atoms. The van der Waals surface area contributed by atoms with Gasteiger partial charge in [0.25, 0.3) is 5.91 Å². The summed E-state index contributed by atoms with van der Waals surface area (Å²) in [5, 5.41) is 1.93. The second kappa shape index (κ2) is 13.3. The number of piperazine rings is 1. The third-order valence-electron chi connectivity index (χ3n) is 7.72. The number of sulfonamides is 1. The lowest BCUT2D eigenvalue weighted by Crippen LogP contribution is -2.50. The lowest BCUT2D eigenvalue weighted by Gasteiger charge is -2.35. The maximum absolute atomic E-state index is 13.5. The quantitative estimate of drug-likeness (QED) is 0.253. The Kier molecular flexibility index (Phi) is 9.37. The van der Waals surface area contributed by atoms with Crippen molar-refractivity contribution in [2.75, 3.05) is 52.9 Å². The van der Waals surface area contributed by atoms with Crippen LogP contribution in [0.3, 0.4) is 0 Å². The molecule has 1 fully saturated rings. The van der Waals surface area contributed by atoms with Gasteiger partial charge in [-0.2, -0.15) is 4.31 Å². The Hall–Kier alpha value is -3.98. The number of fused-ring (bicyclic) bond motifs is 1. The summed E-state index contributed by atoms with van der Waals surface area (Å²) in [5.74, 6) is 0.749. The minimum absolute atomic E-state index is 0.0304. The minimum Gasteiger partial charge on any atom is -0.496 e. The van der Waals surface area contributed by atoms with E-state index < -0.39 is 10.0 Å². The number of hydrogen-bond acceptors (Lipinski definition) is 5. The van der Waals surface area contributed by atoms with E-state index in [4.69, 9.17) is 4.74 Å². The van der Waals surface area contributed by atoms with Crippen molar-refractivity contribution < 1.29 is 17.9 Å². The molecule has 1 saturated heterocycles. The number of carbonyl (C=O) groups excluding carboxylic acids is 1. The number of carbonyl (C=O) groups is 1. The van der Waals surface area contributed by atoms with Crippen LogP contribution < -0.4 is 4.74 Å². The Bertz CT molecular complexity index is 1660. The van der Waals surface area contributed by atoms with E-state index in [0.717, 1.165) is 27.6 Å². The summed E-state index contributed by atoms with van der Waals surface area (Å²) < 4.78 is 33.8. The standard InChI is InChI=1S/C34H37N3O4S/c1-27-13-15-30(16-14-27)34(38)36(19-7-11-29-9-5-6-12-33(29)41-2)23-20-35-21-24-37(25-22-35)42(39,40)32-18-17-28-8-3-4-10-31(28)26-32/h3-18,26H,19-25H2,1-2H3/b11-7+. The highest BCUT2D eigenvalue weighted by Gasteiger charge is 2.29. The molecule has 4 aromatic rings. The second-order valence-electron chi connectivity index (χ2n) is 10.5. The van der Waals surface area contributed by atoms with Gasteiger partial charge >= 0.3 is 0 Å². The fraction of sp³-hybridized carbons (Fsp3) is 0.265. The molecule has 4 aromatic carbocycles. The Morgan fingerprint density at radius 2 is 1.57 bits per heavy atom. The smallest absolute Gasteiger partial charge is 0.254 e. The predicted octanol–water partition coefficient (Wildman–Crippen LogP) is 5.32. The third-order valence-corrected chi connectivity index (χ3v) is 9.62. The van der Waals surface area contributed by atoms with Crippen molar-refractivity contribution in [2.45, 2.75) is 11.8 Å². The van der Waals surface area contributed by atoms with Crippen molar-refractivity contribution in [1.29, 1.82) is 0 Å². The Morgan fingerprint density at radius 3 is 2.31 bits per heavy atom. The van der Waals surface area contributed by atoms with Gasteiger partial charge in [-0.3, -0.25) is 9.69 Å². The van der Waals surface area contributed by atoms with E-state index in [1.165, 1.54) is 0 Å². The molecule has 0 spiro atoms. The lowest BCUT2D eigenvalue weighted by atomic mass is 10.1. The molecule has 0 aliphatic carbocycles. The molecule has 0 aromatic heterocycles. The summed E-state index contributed by atoms with van der Waals surface area (Å²) in [6.45, 7) is 5.67. The van der Waals surface area contributed by atoms with Crippen LogP contribution in [-0.2, 0) is 10.0 Å². The number of rotatable bonds is 10. The lowest BCUT2D eigenvalue weighted by molar-refractivity contribution is 0.0745. The number of ether oxygens (including phenoxy) is 1. The number of amides is 1. The van der Waals surface area contributed by atoms with E-state index in [0.29, 0.717) is 56.3 Å². The van der Waals surface area contributed by atoms with E-state index in [2.05, 4.69) is 4.90 Å². The van der Waals surface area contributed by atoms with E-state index in [1.807, 2.05) is 103 Å². The van der Waals surface area contributed by atoms with E-state index in [-0.39, 0.29) is 5.91 Å². The van der Waals surface area contributed by atoms with Crippen molar-refractivity contribution in [3.05, 3.63) is 114 Å². The fourth-order valence-corrected chi connectivity index (χ4v) is 6.66. The number of para-hydroxylation sites is 1. The van der Waals surface area contributed by atoms with Crippen LogP contribution in [0.15, 0.2) is 102 Å². The average Bonchev–Trinajstić information content (AvgIpc) is 3.03. The van der Waals surface area contributed by atoms with Crippen LogP contribution in [0.25, 0.3) is 16.8 Å². The van der Waals surface area contributed by atoms with Gasteiger partial charge in [-0.25, -0.2) is 8.42 Å². The minimum atomic E-state index is -3.58. The molecular formula is C34H37N3O4S. The fourth-order valence-electron chi connectivity index (χ4n) is 5.20. The highest BCUT2D eigenvalue weighted by Crippen LogP contribution is 2.23. The maximum Gasteiger partial charge on any atom is 0.254 e. The SMILES string of the molecule is COc1ccccc1/C=C/CN(CCN1CCN(S(=O)(=O)c2ccc3ccccc3c2)CC1)C(=O)c1ccc(C)cc1. The molecule has 218 valence electrons. The summed E-state index contributed by atoms with van der Waals surface area (Å²) in [7, 11) is -1.94. The van der Waals surface area contributed by atoms with E-state index in [9.17, 15) is 13.2 Å². The van der Waals surface area contributed by atoms with Crippen LogP contribution in [0.4, 0.5) is 0 Å². The molecule has 5 rings (SSSR count). The monoisotopic (exact) mass is 583 g/mol. The number of benzene rings is 4. The Labute approximate surface area is 248 Å². The predicted molar refractivity (Wildman–Crippen MR) is 168 cm³/mol. The molecule has 0 saturated carbocycles. The van der Waals surface area contributed by atoms with Gasteiger partial charge in [-0.15, -0.1) is 0 Å². The van der Waals surface area contributed by atoms with Crippen LogP contribution in [0, 0.1) is 6.92 Å². The maximum atomic E-state index is 13.5. The molecule has 7 nitrogen and oxygen atoms in total. The van der Waals surface area contributed by atoms with Crippen molar-refractivity contribution in [2.24, 2.45) is 0 Å². The molecular weight excluding hydrogens is 546 g/mol. The van der Waals surface area contributed by atoms with Gasteiger partial charge in [0.1, 0.15) is 5.75 Å². The first-order valence-electron chi connectivity index (χ1n) is 14.2. The Morgan fingerprint density at radius 1 is 0.881 bits per heavy atom. The Balaban J connectivity index is 1.23. The molecule has 1 aliphatic heterocycles. The van der Waals surface area contributed by atoms with E-state index >= 15 is 0 Å². The normalized spacial score (nSPS) is 14.8. The molecule has 0 atom stereocenters. The number of nitrogens with zero attached hydrogens (tertiary/aromatic N) is 3. The summed E-state index contributed by atoms with van der Waals surface area (Å²) in [4.78, 5) is 17.9. The number of aryl methyl sites for hydroxylation is 1. The second-order valence-corrected chi connectivity index (χ2v) is 12.5. The van der Waals surface area contributed by atoms with Crippen LogP contribution >= 0.6 is 0 Å². The van der Waals surface area contributed by atoms with Crippen LogP contribution in [0.1, 0.15) is 21.5 Å². The van der Waals surface area contributed by atoms with Gasteiger partial charge < -0.3 is 9.64 Å². The molecule has 0 bridgehead atoms. The zero-order chi connectivity index (χ0) is 29.5. The zero-order valence-corrected chi connectivity index (χ0v) is 25.0. The molecule has 0 radical (unpaired) electrons. The summed E-state index contributed by atoms with van der Waals surface area (Å²) >= 11 is 0. The van der Waals surface area contributed by atoms with E-state index in [1.54, 1.807) is 23.5 Å². The molecule has 1 amide bonds. The summed E-state index contributed by atoms with van der Waals surface area (Å²) in [6, 6.07) is 28.5. The molecule has 8 heteroatoms. The number of methoxy groups -OCH3 is 1. The molecule has 1 heterocycles. The van der Waals surface area contributed by atoms with Crippen LogP contribution in [0.2, 0.25) is 0 Å². The molecule has 0 unspecified atom stereocenters. The van der Waals surface area contributed by atoms with Gasteiger partial charge in [0.05, 0.1) is 12.0 Å². The summed E-state index contributed by atoms with van der Waals surface area (Å²) in [5.41, 5.74) is 2.70. The van der Waals surface area contributed by atoms with Gasteiger partial charge in [-0.1, -0.05) is 78.4 Å². The number of hydrogen-bond donors (Lipinski definition) is 0. The summed E-state index contributed by atoms with van der Waals surface area (Å²) in [6.07, 6.45) is 3.96. The van der Waals surface area contributed by atoms with Gasteiger partial charge in [0.15, 0.2) is 0 Å². The van der Waals surface area contributed by atoms with Crippen LogP contribution in [-0.4, -0.2) is 81.4 Å². The average molecular weight is 584 g/mol. The van der Waals surface area contributed by atoms with Gasteiger partial charge in [-0.05, 0) is 48.0 Å². The van der Waals surface area contributed by atoms with Crippen molar-refractivity contribution in [1.82, 2.24) is 14.1 Å². The molecule has 1 aliphatic rings. The van der Waals surface area contributed by atoms with Crippen molar-refractivity contribution in [3.8, 4) is 5.75 Å². The van der Waals surface area contributed by atoms with Gasteiger partial charge in [0, 0.05) is 56.9 Å². The highest BCUT2D eigenvalue weighted by molar-refractivity contribution is 7.89. The first-order valence-corrected chi connectivity index (χ1v) is 15.7. The first-order chi connectivity index (χ1) is 20.3. The zero-order valence-electron chi connectivity index (χ0n) is 24.1. The topological polar surface area (TPSA) is 70.2 Å². The van der Waals surface area contributed by atoms with Gasteiger partial charge in [0.2, 0.25) is 10.0 Å². The largest absolute Gasteiger partial charge is 0.496 e.